The molecule has 1 aliphatic rings. The fraction of sp³-hybridized carbons (Fsp3) is 0.500. The Hall–Kier alpha value is -1.03. The average molecular weight is 292 g/mol. The van der Waals surface area contributed by atoms with Crippen LogP contribution in [0.15, 0.2) is 24.4 Å². The van der Waals surface area contributed by atoms with E-state index in [9.17, 15) is 0 Å². The third kappa shape index (κ3) is 3.00. The summed E-state index contributed by atoms with van der Waals surface area (Å²) in [7, 11) is 2.20. The zero-order chi connectivity index (χ0) is 13.9. The minimum absolute atomic E-state index is 0.860. The van der Waals surface area contributed by atoms with Crippen LogP contribution in [0.3, 0.4) is 0 Å². The Kier molecular flexibility index (Phi) is 4.29. The molecule has 0 spiro atoms. The molecule has 108 valence electrons. The van der Waals surface area contributed by atoms with Crippen LogP contribution in [0.4, 0.5) is 0 Å². The molecule has 1 aliphatic heterocycles. The molecule has 1 fully saturated rings. The molecule has 4 heteroatoms. The van der Waals surface area contributed by atoms with Gasteiger partial charge in [-0.3, -0.25) is 0 Å². The quantitative estimate of drug-likeness (QED) is 0.935. The Morgan fingerprint density at radius 1 is 1.20 bits per heavy atom. The molecule has 0 bridgehead atoms. The maximum atomic E-state index is 6.31. The Labute approximate surface area is 125 Å². The van der Waals surface area contributed by atoms with Crippen molar-refractivity contribution in [1.82, 2.24) is 14.8 Å². The lowest BCUT2D eigenvalue weighted by Crippen LogP contribution is -2.44. The minimum Gasteiger partial charge on any atom is -0.361 e. The molecule has 1 aromatic heterocycles. The molecule has 1 N–H and O–H groups in total. The van der Waals surface area contributed by atoms with Gasteiger partial charge in [-0.15, -0.1) is 0 Å². The van der Waals surface area contributed by atoms with Gasteiger partial charge in [0.15, 0.2) is 0 Å². The molecule has 2 heterocycles. The van der Waals surface area contributed by atoms with E-state index < -0.39 is 0 Å². The van der Waals surface area contributed by atoms with E-state index in [1.54, 1.807) is 0 Å². The summed E-state index contributed by atoms with van der Waals surface area (Å²) in [5, 5.41) is 2.06. The molecule has 1 saturated heterocycles. The number of hydrogen-bond acceptors (Lipinski definition) is 2. The van der Waals surface area contributed by atoms with Crippen molar-refractivity contribution in [3.05, 3.63) is 35.0 Å². The minimum atomic E-state index is 0.860. The number of hydrogen-bond donors (Lipinski definition) is 1. The first-order valence-electron chi connectivity index (χ1n) is 7.39. The van der Waals surface area contributed by atoms with Crippen LogP contribution < -0.4 is 0 Å². The van der Waals surface area contributed by atoms with Crippen molar-refractivity contribution in [2.24, 2.45) is 0 Å². The zero-order valence-electron chi connectivity index (χ0n) is 12.0. The number of fused-ring (bicyclic) bond motifs is 1. The maximum Gasteiger partial charge on any atom is 0.0502 e. The first-order chi connectivity index (χ1) is 9.74. The smallest absolute Gasteiger partial charge is 0.0502 e. The molecule has 0 atom stereocenters. The van der Waals surface area contributed by atoms with Crippen LogP contribution >= 0.6 is 11.6 Å². The highest BCUT2D eigenvalue weighted by Gasteiger charge is 2.13. The molecule has 2 aromatic rings. The van der Waals surface area contributed by atoms with E-state index in [1.165, 1.54) is 50.1 Å². The Morgan fingerprint density at radius 2 is 2.00 bits per heavy atom. The number of aromatic amines is 1. The van der Waals surface area contributed by atoms with Gasteiger partial charge in [-0.1, -0.05) is 17.7 Å². The molecule has 0 saturated carbocycles. The molecule has 3 nitrogen and oxygen atoms in total. The summed E-state index contributed by atoms with van der Waals surface area (Å²) in [5.41, 5.74) is 2.49. The zero-order valence-corrected chi connectivity index (χ0v) is 12.8. The fourth-order valence-electron chi connectivity index (χ4n) is 2.97. The first-order valence-corrected chi connectivity index (χ1v) is 7.77. The van der Waals surface area contributed by atoms with Gasteiger partial charge in [0.25, 0.3) is 0 Å². The predicted octanol–water partition coefficient (Wildman–Crippen LogP) is 3.00. The normalized spacial score (nSPS) is 17.9. The third-order valence-electron chi connectivity index (χ3n) is 4.25. The number of benzene rings is 1. The molecule has 0 radical (unpaired) electrons. The van der Waals surface area contributed by atoms with Crippen LogP contribution in [0.1, 0.15) is 12.0 Å². The largest absolute Gasteiger partial charge is 0.361 e. The van der Waals surface area contributed by atoms with Gasteiger partial charge in [0.2, 0.25) is 0 Å². The van der Waals surface area contributed by atoms with E-state index in [1.807, 2.05) is 12.1 Å². The number of nitrogens with one attached hydrogen (secondary N) is 1. The van der Waals surface area contributed by atoms with Gasteiger partial charge in [0.05, 0.1) is 5.02 Å². The second kappa shape index (κ2) is 6.17. The fourth-order valence-corrected chi connectivity index (χ4v) is 3.27. The van der Waals surface area contributed by atoms with Crippen molar-refractivity contribution in [1.29, 1.82) is 0 Å². The summed E-state index contributed by atoms with van der Waals surface area (Å²) in [6, 6.07) is 6.06. The lowest BCUT2D eigenvalue weighted by Gasteiger charge is -2.32. The number of nitrogens with zero attached hydrogens (tertiary/aromatic N) is 2. The molecule has 0 amide bonds. The number of H-pyrrole nitrogens is 1. The number of rotatable bonds is 4. The summed E-state index contributed by atoms with van der Waals surface area (Å²) < 4.78 is 0. The van der Waals surface area contributed by atoms with Gasteiger partial charge in [0, 0.05) is 43.3 Å². The van der Waals surface area contributed by atoms with Crippen molar-refractivity contribution < 1.29 is 0 Å². The predicted molar refractivity (Wildman–Crippen MR) is 85.6 cm³/mol. The van der Waals surface area contributed by atoms with E-state index >= 15 is 0 Å². The Morgan fingerprint density at radius 3 is 2.80 bits per heavy atom. The van der Waals surface area contributed by atoms with Crippen molar-refractivity contribution in [3.63, 3.8) is 0 Å². The van der Waals surface area contributed by atoms with Gasteiger partial charge in [-0.2, -0.15) is 0 Å². The molecule has 20 heavy (non-hydrogen) atoms. The highest BCUT2D eigenvalue weighted by molar-refractivity contribution is 6.35. The summed E-state index contributed by atoms with van der Waals surface area (Å²) in [4.78, 5) is 8.28. The summed E-state index contributed by atoms with van der Waals surface area (Å²) >= 11 is 6.31. The Balaban J connectivity index is 1.58. The summed E-state index contributed by atoms with van der Waals surface area (Å²) in [5.74, 6) is 0. The Bertz CT molecular complexity index is 570. The molecular formula is C16H22ClN3. The van der Waals surface area contributed by atoms with Crippen LogP contribution in [-0.2, 0) is 6.42 Å². The van der Waals surface area contributed by atoms with E-state index in [-0.39, 0.29) is 0 Å². The second-order valence-corrected chi connectivity index (χ2v) is 6.13. The maximum absolute atomic E-state index is 6.31. The second-order valence-electron chi connectivity index (χ2n) is 5.72. The van der Waals surface area contributed by atoms with Crippen LogP contribution in [0.2, 0.25) is 5.02 Å². The monoisotopic (exact) mass is 291 g/mol. The average Bonchev–Trinajstić information content (AvgIpc) is 2.86. The third-order valence-corrected chi connectivity index (χ3v) is 4.57. The van der Waals surface area contributed by atoms with Crippen molar-refractivity contribution in [2.45, 2.75) is 12.8 Å². The number of likely N-dealkylation sites (N-methyl/N-ethyl adjacent to an activating group) is 1. The topological polar surface area (TPSA) is 22.3 Å². The number of aromatic nitrogens is 1. The lowest BCUT2D eigenvalue weighted by molar-refractivity contribution is 0.153. The molecule has 3 rings (SSSR count). The van der Waals surface area contributed by atoms with Crippen molar-refractivity contribution in [3.8, 4) is 0 Å². The molecule has 1 aromatic carbocycles. The summed E-state index contributed by atoms with van der Waals surface area (Å²) in [6.45, 7) is 5.97. The van der Waals surface area contributed by atoms with Crippen LogP contribution in [0.5, 0.6) is 0 Å². The highest BCUT2D eigenvalue weighted by Crippen LogP contribution is 2.27. The summed E-state index contributed by atoms with van der Waals surface area (Å²) in [6.07, 6.45) is 4.40. The van der Waals surface area contributed by atoms with Crippen LogP contribution in [0.25, 0.3) is 10.9 Å². The van der Waals surface area contributed by atoms with Gasteiger partial charge >= 0.3 is 0 Å². The van der Waals surface area contributed by atoms with E-state index in [2.05, 4.69) is 34.1 Å². The number of aryl methyl sites for hydroxylation is 1. The van der Waals surface area contributed by atoms with Gasteiger partial charge in [-0.05, 0) is 44.1 Å². The van der Waals surface area contributed by atoms with Crippen LogP contribution in [0, 0.1) is 0 Å². The van der Waals surface area contributed by atoms with Gasteiger partial charge in [-0.25, -0.2) is 0 Å². The number of halogens is 1. The van der Waals surface area contributed by atoms with Crippen molar-refractivity contribution in [2.75, 3.05) is 39.8 Å². The van der Waals surface area contributed by atoms with E-state index in [0.29, 0.717) is 0 Å². The highest BCUT2D eigenvalue weighted by atomic mass is 35.5. The van der Waals surface area contributed by atoms with E-state index in [0.717, 1.165) is 17.0 Å². The molecular weight excluding hydrogens is 270 g/mol. The van der Waals surface area contributed by atoms with Gasteiger partial charge < -0.3 is 14.8 Å². The number of piperazine rings is 1. The van der Waals surface area contributed by atoms with Gasteiger partial charge in [0.1, 0.15) is 0 Å². The lowest BCUT2D eigenvalue weighted by atomic mass is 10.1. The van der Waals surface area contributed by atoms with Crippen molar-refractivity contribution >= 4 is 22.5 Å². The molecule has 0 unspecified atom stereocenters. The van der Waals surface area contributed by atoms with E-state index in [4.69, 9.17) is 11.6 Å². The molecule has 0 aliphatic carbocycles. The van der Waals surface area contributed by atoms with Crippen LogP contribution in [-0.4, -0.2) is 54.6 Å². The standard InChI is InChI=1S/C16H22ClN3/c1-19-8-10-20(11-9-19)7-3-4-13-12-18-15-6-2-5-14(17)16(13)15/h2,5-6,12,18H,3-4,7-11H2,1H3. The SMILES string of the molecule is CN1CCN(CCCc2c[nH]c3cccc(Cl)c23)CC1. The first kappa shape index (κ1) is 13.9.